The summed E-state index contributed by atoms with van der Waals surface area (Å²) in [4.78, 5) is 58.2. The van der Waals surface area contributed by atoms with Crippen LogP contribution in [0, 0.1) is 11.8 Å². The third kappa shape index (κ3) is 5.38. The minimum Gasteiger partial charge on any atom is -0.460 e. The van der Waals surface area contributed by atoms with Crippen LogP contribution in [0.4, 0.5) is 0 Å². The molecule has 4 heterocycles. The van der Waals surface area contributed by atoms with E-state index in [1.54, 1.807) is 24.0 Å². The van der Waals surface area contributed by atoms with Crippen molar-refractivity contribution in [3.05, 3.63) is 60.2 Å². The molecule has 1 aromatic rings. The normalized spacial score (nSPS) is 33.4. The maximum atomic E-state index is 14.7. The molecule has 10 heteroatoms. The van der Waals surface area contributed by atoms with E-state index in [-0.39, 0.29) is 37.9 Å². The van der Waals surface area contributed by atoms with Gasteiger partial charge in [0.25, 0.3) is 0 Å². The topological polar surface area (TPSA) is 125 Å². The Morgan fingerprint density at radius 1 is 1.10 bits per heavy atom. The highest BCUT2D eigenvalue weighted by Crippen LogP contribution is 2.56. The van der Waals surface area contributed by atoms with E-state index in [0.29, 0.717) is 12.8 Å². The Kier molecular flexibility index (Phi) is 8.31. The van der Waals surface area contributed by atoms with Crippen LogP contribution < -0.4 is 5.32 Å². The number of fused-ring (bicyclic) bond motifs is 2. The van der Waals surface area contributed by atoms with E-state index in [1.165, 1.54) is 4.90 Å². The quantitative estimate of drug-likeness (QED) is 0.411. The van der Waals surface area contributed by atoms with Gasteiger partial charge < -0.3 is 29.7 Å². The summed E-state index contributed by atoms with van der Waals surface area (Å²) in [6.45, 7) is 7.46. The lowest BCUT2D eigenvalue weighted by Crippen LogP contribution is -2.61. The number of nitrogens with zero attached hydrogens (tertiary/aromatic N) is 2. The Bertz CT molecular complexity index is 1270. The Hall–Kier alpha value is -3.50. The molecule has 0 aliphatic carbocycles. The third-order valence-electron chi connectivity index (χ3n) is 8.71. The molecule has 0 unspecified atom stereocenters. The monoisotopic (exact) mass is 579 g/mol. The van der Waals surface area contributed by atoms with Crippen LogP contribution >= 0.6 is 0 Å². The summed E-state index contributed by atoms with van der Waals surface area (Å²) < 4.78 is 12.2. The number of carbonyl (C=O) groups is 4. The van der Waals surface area contributed by atoms with Crippen molar-refractivity contribution in [1.82, 2.24) is 15.1 Å². The Labute approximate surface area is 246 Å². The fraction of sp³-hybridized carbons (Fsp3) is 0.562. The minimum atomic E-state index is -1.38. The van der Waals surface area contributed by atoms with Crippen molar-refractivity contribution >= 4 is 23.7 Å². The standard InChI is InChI=1S/C32H41N3O7/c1-20-18-33-24(37)13-9-6-10-16-34(31(2,3)4)29(39)27-32-15-14-23(42-32)25(30(40)41-20)26(32)28(38)35(27)22(19-36)17-21-11-7-5-8-12-21/h5-8,10-12,14-15,20,22-23,25-27,36H,9,13,16-19H2,1-4H3,(H,33,37)/b10-6-/t20-,22+,23+,25-,26-,27+,32-/m0/s1. The molecule has 5 rings (SSSR count). The number of benzene rings is 1. The van der Waals surface area contributed by atoms with Crippen molar-refractivity contribution in [1.29, 1.82) is 0 Å². The molecular formula is C32H41N3O7. The van der Waals surface area contributed by atoms with Gasteiger partial charge in [0, 0.05) is 18.5 Å². The van der Waals surface area contributed by atoms with Crippen LogP contribution in [0.1, 0.15) is 46.1 Å². The van der Waals surface area contributed by atoms with Crippen LogP contribution in [0.15, 0.2) is 54.6 Å². The summed E-state index contributed by atoms with van der Waals surface area (Å²) in [6, 6.07) is 7.67. The van der Waals surface area contributed by atoms with Crippen LogP contribution in [0.3, 0.4) is 0 Å². The molecule has 4 aliphatic heterocycles. The van der Waals surface area contributed by atoms with Gasteiger partial charge in [-0.05, 0) is 46.1 Å². The Morgan fingerprint density at radius 2 is 1.83 bits per heavy atom. The maximum absolute atomic E-state index is 14.7. The summed E-state index contributed by atoms with van der Waals surface area (Å²) >= 11 is 0. The predicted molar refractivity (Wildman–Crippen MR) is 154 cm³/mol. The lowest BCUT2D eigenvalue weighted by atomic mass is 9.74. The molecule has 42 heavy (non-hydrogen) atoms. The first-order chi connectivity index (χ1) is 20.0. The number of aliphatic hydroxyl groups excluding tert-OH is 1. The second-order valence-corrected chi connectivity index (χ2v) is 12.7. The Balaban J connectivity index is 1.60. The molecule has 0 radical (unpaired) electrons. The summed E-state index contributed by atoms with van der Waals surface area (Å²) in [5, 5.41) is 13.4. The number of carbonyl (C=O) groups excluding carboxylic acids is 4. The predicted octanol–water partition coefficient (Wildman–Crippen LogP) is 1.77. The van der Waals surface area contributed by atoms with Crippen molar-refractivity contribution in [3.63, 3.8) is 0 Å². The number of hydrogen-bond acceptors (Lipinski definition) is 7. The zero-order valence-electron chi connectivity index (χ0n) is 24.7. The number of hydrogen-bond donors (Lipinski definition) is 2. The van der Waals surface area contributed by atoms with Gasteiger partial charge in [0.15, 0.2) is 0 Å². The van der Waals surface area contributed by atoms with Crippen molar-refractivity contribution in [2.45, 2.75) is 82.4 Å². The second-order valence-electron chi connectivity index (χ2n) is 12.7. The van der Waals surface area contributed by atoms with E-state index >= 15 is 0 Å². The fourth-order valence-corrected chi connectivity index (χ4v) is 6.71. The van der Waals surface area contributed by atoms with Crippen LogP contribution in [0.5, 0.6) is 0 Å². The highest BCUT2D eigenvalue weighted by molar-refractivity contribution is 5.99. The van der Waals surface area contributed by atoms with Crippen molar-refractivity contribution in [2.24, 2.45) is 11.8 Å². The summed E-state index contributed by atoms with van der Waals surface area (Å²) in [7, 11) is 0. The minimum absolute atomic E-state index is 0.140. The number of rotatable bonds is 4. The number of likely N-dealkylation sites (tertiary alicyclic amines) is 1. The molecule has 7 atom stereocenters. The van der Waals surface area contributed by atoms with Gasteiger partial charge in [-0.3, -0.25) is 19.2 Å². The van der Waals surface area contributed by atoms with Crippen molar-refractivity contribution < 1.29 is 33.8 Å². The average molecular weight is 580 g/mol. The zero-order valence-corrected chi connectivity index (χ0v) is 24.7. The van der Waals surface area contributed by atoms with Gasteiger partial charge in [0.2, 0.25) is 17.7 Å². The number of amides is 3. The highest BCUT2D eigenvalue weighted by Gasteiger charge is 2.74. The van der Waals surface area contributed by atoms with E-state index in [9.17, 15) is 24.3 Å². The average Bonchev–Trinajstić information content (AvgIpc) is 3.59. The van der Waals surface area contributed by atoms with Crippen LogP contribution in [0.2, 0.25) is 0 Å². The van der Waals surface area contributed by atoms with Gasteiger partial charge in [-0.15, -0.1) is 0 Å². The molecule has 1 spiro atoms. The SMILES string of the molecule is C[C@H]1CNC(=O)CC/C=C\CN(C(C)(C)C)C(=O)[C@H]2N([C@@H](CO)Cc3ccccc3)C(=O)[C@@H]3[C@@H](C(=O)O1)[C@H]1C=C[C@]32O1. The number of cyclic esters (lactones) is 1. The van der Waals surface area contributed by atoms with Gasteiger partial charge in [0.05, 0.1) is 31.2 Å². The number of esters is 1. The first-order valence-corrected chi connectivity index (χ1v) is 14.8. The first kappa shape index (κ1) is 30.0. The van der Waals surface area contributed by atoms with E-state index in [1.807, 2.05) is 63.3 Å². The van der Waals surface area contributed by atoms with Gasteiger partial charge in [-0.2, -0.15) is 0 Å². The van der Waals surface area contributed by atoms with Crippen molar-refractivity contribution in [3.8, 4) is 0 Å². The molecule has 2 fully saturated rings. The first-order valence-electron chi connectivity index (χ1n) is 14.8. The lowest BCUT2D eigenvalue weighted by Gasteiger charge is -2.43. The van der Waals surface area contributed by atoms with Crippen LogP contribution in [-0.4, -0.2) is 93.7 Å². The van der Waals surface area contributed by atoms with E-state index in [0.717, 1.165) is 5.56 Å². The highest BCUT2D eigenvalue weighted by atomic mass is 16.6. The van der Waals surface area contributed by atoms with Gasteiger partial charge in [0.1, 0.15) is 23.7 Å². The maximum Gasteiger partial charge on any atom is 0.313 e. The number of nitrogens with one attached hydrogen (secondary N) is 1. The van der Waals surface area contributed by atoms with Gasteiger partial charge in [-0.25, -0.2) is 0 Å². The molecule has 2 saturated heterocycles. The zero-order chi connectivity index (χ0) is 30.2. The molecule has 4 aliphatic rings. The molecular weight excluding hydrogens is 538 g/mol. The number of aliphatic hydroxyl groups is 1. The van der Waals surface area contributed by atoms with Gasteiger partial charge in [-0.1, -0.05) is 54.6 Å². The summed E-state index contributed by atoms with van der Waals surface area (Å²) in [5.74, 6) is -3.47. The van der Waals surface area contributed by atoms with E-state index < -0.39 is 59.1 Å². The molecule has 5 bridgehead atoms. The largest absolute Gasteiger partial charge is 0.460 e. The van der Waals surface area contributed by atoms with Crippen LogP contribution in [0.25, 0.3) is 0 Å². The third-order valence-corrected chi connectivity index (χ3v) is 8.71. The van der Waals surface area contributed by atoms with Gasteiger partial charge >= 0.3 is 5.97 Å². The lowest BCUT2D eigenvalue weighted by molar-refractivity contribution is -0.159. The molecule has 0 saturated carbocycles. The smallest absolute Gasteiger partial charge is 0.313 e. The fourth-order valence-electron chi connectivity index (χ4n) is 6.71. The molecule has 3 amide bonds. The molecule has 10 nitrogen and oxygen atoms in total. The number of allylic oxidation sites excluding steroid dienone is 1. The molecule has 1 aromatic carbocycles. The summed E-state index contributed by atoms with van der Waals surface area (Å²) in [6.07, 6.45) is 6.94. The molecule has 226 valence electrons. The number of ether oxygens (including phenoxy) is 2. The molecule has 0 aromatic heterocycles. The Morgan fingerprint density at radius 3 is 2.52 bits per heavy atom. The van der Waals surface area contributed by atoms with E-state index in [2.05, 4.69) is 5.32 Å². The van der Waals surface area contributed by atoms with Crippen LogP contribution in [-0.2, 0) is 35.1 Å². The van der Waals surface area contributed by atoms with Crippen molar-refractivity contribution in [2.75, 3.05) is 19.7 Å². The second kappa shape index (κ2) is 11.6. The van der Waals surface area contributed by atoms with E-state index in [4.69, 9.17) is 9.47 Å². The summed E-state index contributed by atoms with van der Waals surface area (Å²) in [5.41, 5.74) is -1.11. The molecule has 2 N–H and O–H groups in total.